The fraction of sp³-hybridized carbons (Fsp3) is 0.182. The lowest BCUT2D eigenvalue weighted by molar-refractivity contribution is -0.114. The molecule has 128 valence electrons. The van der Waals surface area contributed by atoms with E-state index in [4.69, 9.17) is 5.26 Å². The van der Waals surface area contributed by atoms with Crippen molar-refractivity contribution in [2.75, 3.05) is 17.2 Å². The molecule has 26 heavy (non-hydrogen) atoms. The number of nitrogens with zero attached hydrogens (tertiary/aromatic N) is 1. The van der Waals surface area contributed by atoms with Crippen LogP contribution in [0.15, 0.2) is 54.6 Å². The van der Waals surface area contributed by atoms with Crippen LogP contribution in [-0.4, -0.2) is 12.5 Å². The zero-order valence-corrected chi connectivity index (χ0v) is 14.4. The second kappa shape index (κ2) is 6.89. The lowest BCUT2D eigenvalue weighted by atomic mass is 10.0. The van der Waals surface area contributed by atoms with Crippen LogP contribution in [-0.2, 0) is 24.1 Å². The van der Waals surface area contributed by atoms with E-state index in [1.165, 1.54) is 21.9 Å². The molecule has 0 saturated carbocycles. The van der Waals surface area contributed by atoms with E-state index in [9.17, 15) is 4.79 Å². The second-order valence-corrected chi connectivity index (χ2v) is 6.55. The summed E-state index contributed by atoms with van der Waals surface area (Å²) in [4.78, 5) is 12.3. The average Bonchev–Trinajstić information content (AvgIpc) is 3.08. The topological polar surface area (TPSA) is 64.9 Å². The van der Waals surface area contributed by atoms with Gasteiger partial charge in [0.2, 0.25) is 5.91 Å². The van der Waals surface area contributed by atoms with Gasteiger partial charge in [0.25, 0.3) is 0 Å². The molecular weight excluding hydrogens is 322 g/mol. The first-order chi connectivity index (χ1) is 12.7. The van der Waals surface area contributed by atoms with Crippen LogP contribution in [0.1, 0.15) is 16.7 Å². The molecule has 1 amide bonds. The van der Waals surface area contributed by atoms with Gasteiger partial charge in [0.05, 0.1) is 19.0 Å². The van der Waals surface area contributed by atoms with E-state index in [1.54, 1.807) is 0 Å². The third kappa shape index (κ3) is 3.12. The van der Waals surface area contributed by atoms with Crippen molar-refractivity contribution in [1.29, 1.82) is 5.26 Å². The quantitative estimate of drug-likeness (QED) is 0.736. The Hall–Kier alpha value is -3.32. The summed E-state index contributed by atoms with van der Waals surface area (Å²) < 4.78 is 0. The van der Waals surface area contributed by atoms with Crippen LogP contribution in [0.2, 0.25) is 0 Å². The molecule has 0 fully saturated rings. The first-order valence-electron chi connectivity index (χ1n) is 8.78. The van der Waals surface area contributed by atoms with Crippen LogP contribution in [0, 0.1) is 11.3 Å². The number of carbonyl (C=O) groups excluding carboxylic acids is 1. The Morgan fingerprint density at radius 3 is 2.54 bits per heavy atom. The van der Waals surface area contributed by atoms with Crippen molar-refractivity contribution in [1.82, 2.24) is 0 Å². The summed E-state index contributed by atoms with van der Waals surface area (Å²) >= 11 is 0. The number of hydrogen-bond acceptors (Lipinski definition) is 3. The highest BCUT2D eigenvalue weighted by Crippen LogP contribution is 2.34. The predicted octanol–water partition coefficient (Wildman–Crippen LogP) is 4.06. The molecule has 0 unspecified atom stereocenters. The molecule has 0 saturated heterocycles. The highest BCUT2D eigenvalue weighted by atomic mass is 16.1. The van der Waals surface area contributed by atoms with Crippen molar-refractivity contribution >= 4 is 28.1 Å². The Balaban J connectivity index is 1.44. The first-order valence-corrected chi connectivity index (χ1v) is 8.78. The van der Waals surface area contributed by atoms with E-state index in [1.807, 2.05) is 24.3 Å². The third-order valence-corrected chi connectivity index (χ3v) is 4.84. The number of amides is 1. The highest BCUT2D eigenvalue weighted by Gasteiger charge is 2.15. The van der Waals surface area contributed by atoms with Gasteiger partial charge < -0.3 is 10.6 Å². The van der Waals surface area contributed by atoms with E-state index in [0.29, 0.717) is 6.42 Å². The molecule has 3 aromatic carbocycles. The number of nitrogens with one attached hydrogen (secondary N) is 2. The summed E-state index contributed by atoms with van der Waals surface area (Å²) in [6.07, 6.45) is 2.57. The maximum Gasteiger partial charge on any atom is 0.243 e. The van der Waals surface area contributed by atoms with Gasteiger partial charge in [-0.1, -0.05) is 36.4 Å². The normalized spacial score (nSPS) is 12.0. The van der Waals surface area contributed by atoms with Crippen LogP contribution in [0.3, 0.4) is 0 Å². The van der Waals surface area contributed by atoms with Crippen LogP contribution >= 0.6 is 0 Å². The van der Waals surface area contributed by atoms with Gasteiger partial charge in [-0.15, -0.1) is 0 Å². The van der Waals surface area contributed by atoms with E-state index in [-0.39, 0.29) is 12.5 Å². The second-order valence-electron chi connectivity index (χ2n) is 6.55. The lowest BCUT2D eigenvalue weighted by Crippen LogP contribution is -2.21. The van der Waals surface area contributed by atoms with E-state index < -0.39 is 0 Å². The van der Waals surface area contributed by atoms with Crippen molar-refractivity contribution < 1.29 is 4.79 Å². The average molecular weight is 341 g/mol. The van der Waals surface area contributed by atoms with E-state index in [2.05, 4.69) is 47.0 Å². The Labute approximate surface area is 152 Å². The monoisotopic (exact) mass is 341 g/mol. The number of benzene rings is 3. The van der Waals surface area contributed by atoms with Gasteiger partial charge >= 0.3 is 0 Å². The van der Waals surface area contributed by atoms with Crippen LogP contribution in [0.5, 0.6) is 0 Å². The SMILES string of the molecule is N#CCc1ccc(NC(=O)CNc2ccc3c4c(cccc24)CC3)cc1. The highest BCUT2D eigenvalue weighted by molar-refractivity contribution is 6.01. The predicted molar refractivity (Wildman–Crippen MR) is 104 cm³/mol. The number of anilines is 2. The molecule has 4 heteroatoms. The molecule has 0 aromatic heterocycles. The maximum atomic E-state index is 12.3. The molecule has 2 N–H and O–H groups in total. The van der Waals surface area contributed by atoms with Gasteiger partial charge in [0, 0.05) is 16.8 Å². The lowest BCUT2D eigenvalue weighted by Gasteiger charge is -2.12. The van der Waals surface area contributed by atoms with Crippen molar-refractivity contribution in [3.63, 3.8) is 0 Å². The molecule has 0 heterocycles. The minimum Gasteiger partial charge on any atom is -0.376 e. The Morgan fingerprint density at radius 1 is 1.00 bits per heavy atom. The smallest absolute Gasteiger partial charge is 0.243 e. The standard InChI is InChI=1S/C22H19N3O/c23-13-12-15-4-9-18(10-5-15)25-21(26)14-24-20-11-8-17-7-6-16-2-1-3-19(20)22(16)17/h1-5,8-11,24H,6-7,12,14H2,(H,25,26). The van der Waals surface area contributed by atoms with Crippen molar-refractivity contribution in [2.24, 2.45) is 0 Å². The minimum atomic E-state index is -0.0960. The van der Waals surface area contributed by atoms with Crippen molar-refractivity contribution in [2.45, 2.75) is 19.3 Å². The summed E-state index contributed by atoms with van der Waals surface area (Å²) in [6.45, 7) is 0.207. The molecule has 0 spiro atoms. The molecule has 1 aliphatic rings. The zero-order valence-electron chi connectivity index (χ0n) is 14.4. The molecule has 0 aliphatic heterocycles. The Morgan fingerprint density at radius 2 is 1.77 bits per heavy atom. The Bertz CT molecular complexity index is 1010. The summed E-state index contributed by atoms with van der Waals surface area (Å²) in [5.74, 6) is -0.0960. The molecular formula is C22H19N3O. The van der Waals surface area contributed by atoms with Crippen LogP contribution in [0.25, 0.3) is 10.8 Å². The van der Waals surface area contributed by atoms with Crippen molar-refractivity contribution in [3.05, 3.63) is 71.3 Å². The van der Waals surface area contributed by atoms with Gasteiger partial charge in [0.15, 0.2) is 0 Å². The van der Waals surface area contributed by atoms with E-state index in [0.717, 1.165) is 29.8 Å². The molecule has 4 nitrogen and oxygen atoms in total. The molecule has 0 atom stereocenters. The van der Waals surface area contributed by atoms with Gasteiger partial charge in [-0.25, -0.2) is 0 Å². The molecule has 1 aliphatic carbocycles. The van der Waals surface area contributed by atoms with Crippen LogP contribution < -0.4 is 10.6 Å². The molecule has 3 aromatic rings. The zero-order chi connectivity index (χ0) is 17.9. The maximum absolute atomic E-state index is 12.3. The van der Waals surface area contributed by atoms with Gasteiger partial charge in [-0.2, -0.15) is 5.26 Å². The number of aryl methyl sites for hydroxylation is 2. The Kier molecular flexibility index (Phi) is 4.28. The fourth-order valence-corrected chi connectivity index (χ4v) is 3.58. The molecule has 0 bridgehead atoms. The van der Waals surface area contributed by atoms with E-state index >= 15 is 0 Å². The largest absolute Gasteiger partial charge is 0.376 e. The third-order valence-electron chi connectivity index (χ3n) is 4.84. The van der Waals surface area contributed by atoms with Crippen molar-refractivity contribution in [3.8, 4) is 6.07 Å². The summed E-state index contributed by atoms with van der Waals surface area (Å²) in [6, 6.07) is 20.1. The molecule has 0 radical (unpaired) electrons. The first kappa shape index (κ1) is 16.2. The summed E-state index contributed by atoms with van der Waals surface area (Å²) in [5.41, 5.74) is 5.45. The van der Waals surface area contributed by atoms with Crippen LogP contribution in [0.4, 0.5) is 11.4 Å². The number of rotatable bonds is 5. The van der Waals surface area contributed by atoms with Gasteiger partial charge in [-0.3, -0.25) is 4.79 Å². The minimum absolute atomic E-state index is 0.0960. The van der Waals surface area contributed by atoms with Gasteiger partial charge in [0.1, 0.15) is 0 Å². The molecule has 4 rings (SSSR count). The number of carbonyl (C=O) groups is 1. The number of hydrogen-bond donors (Lipinski definition) is 2. The number of nitriles is 1. The summed E-state index contributed by atoms with van der Waals surface area (Å²) in [5, 5.41) is 17.4. The van der Waals surface area contributed by atoms with Gasteiger partial charge in [-0.05, 0) is 53.1 Å². The summed E-state index contributed by atoms with van der Waals surface area (Å²) in [7, 11) is 0. The fourth-order valence-electron chi connectivity index (χ4n) is 3.58.